The van der Waals surface area contributed by atoms with Gasteiger partial charge in [0.1, 0.15) is 0 Å². The van der Waals surface area contributed by atoms with Crippen LogP contribution in [0.25, 0.3) is 10.1 Å². The summed E-state index contributed by atoms with van der Waals surface area (Å²) >= 11 is 3.57. The summed E-state index contributed by atoms with van der Waals surface area (Å²) in [6.07, 6.45) is 0. The standard InChI is InChI=1S/C9H6INO2S/c1-5-2-3-6(10)8-7(11(12)13)4-14-9(5)8/h2-4H,1H3. The van der Waals surface area contributed by atoms with Crippen molar-refractivity contribution < 1.29 is 4.92 Å². The van der Waals surface area contributed by atoms with Gasteiger partial charge in [-0.25, -0.2) is 0 Å². The Kier molecular flexibility index (Phi) is 2.44. The second-order valence-corrected chi connectivity index (χ2v) is 4.99. The van der Waals surface area contributed by atoms with Crippen LogP contribution in [0.2, 0.25) is 0 Å². The normalized spacial score (nSPS) is 10.7. The maximum atomic E-state index is 10.7. The lowest BCUT2D eigenvalue weighted by molar-refractivity contribution is -0.382. The summed E-state index contributed by atoms with van der Waals surface area (Å²) in [6.45, 7) is 1.97. The van der Waals surface area contributed by atoms with Gasteiger partial charge in [-0.05, 0) is 41.1 Å². The summed E-state index contributed by atoms with van der Waals surface area (Å²) in [6, 6.07) is 3.91. The molecule has 0 aliphatic rings. The first-order valence-corrected chi connectivity index (χ1v) is 5.88. The number of nitro groups is 1. The molecule has 0 atom stereocenters. The summed E-state index contributed by atoms with van der Waals surface area (Å²) in [4.78, 5) is 10.4. The molecule has 1 aromatic heterocycles. The second kappa shape index (κ2) is 3.47. The van der Waals surface area contributed by atoms with Crippen molar-refractivity contribution in [2.75, 3.05) is 0 Å². The van der Waals surface area contributed by atoms with Gasteiger partial charge in [-0.2, -0.15) is 0 Å². The van der Waals surface area contributed by atoms with Gasteiger partial charge in [0.15, 0.2) is 0 Å². The molecule has 0 unspecified atom stereocenters. The summed E-state index contributed by atoms with van der Waals surface area (Å²) in [5, 5.41) is 13.1. The Bertz CT molecular complexity index is 521. The molecule has 72 valence electrons. The number of nitrogens with zero attached hydrogens (tertiary/aromatic N) is 1. The molecule has 0 fully saturated rings. The molecule has 0 spiro atoms. The topological polar surface area (TPSA) is 43.1 Å². The van der Waals surface area contributed by atoms with Gasteiger partial charge in [0.25, 0.3) is 5.69 Å². The molecule has 0 N–H and O–H groups in total. The van der Waals surface area contributed by atoms with Gasteiger partial charge >= 0.3 is 0 Å². The third-order valence-electron chi connectivity index (χ3n) is 2.04. The van der Waals surface area contributed by atoms with E-state index >= 15 is 0 Å². The zero-order chi connectivity index (χ0) is 10.3. The van der Waals surface area contributed by atoms with Gasteiger partial charge in [0, 0.05) is 8.27 Å². The number of benzene rings is 1. The maximum Gasteiger partial charge on any atom is 0.288 e. The molecule has 5 heteroatoms. The summed E-state index contributed by atoms with van der Waals surface area (Å²) in [5.41, 5.74) is 1.32. The minimum absolute atomic E-state index is 0.220. The van der Waals surface area contributed by atoms with E-state index in [9.17, 15) is 10.1 Å². The van der Waals surface area contributed by atoms with E-state index in [-0.39, 0.29) is 10.6 Å². The maximum absolute atomic E-state index is 10.7. The summed E-state index contributed by atoms with van der Waals surface area (Å²) in [5.74, 6) is 0. The lowest BCUT2D eigenvalue weighted by Gasteiger charge is -1.97. The summed E-state index contributed by atoms with van der Waals surface area (Å²) < 4.78 is 1.96. The zero-order valence-electron chi connectivity index (χ0n) is 7.28. The largest absolute Gasteiger partial charge is 0.288 e. The van der Waals surface area contributed by atoms with Crippen LogP contribution in [-0.4, -0.2) is 4.92 Å². The van der Waals surface area contributed by atoms with Gasteiger partial charge in [-0.3, -0.25) is 10.1 Å². The number of fused-ring (bicyclic) bond motifs is 1. The number of thiophene rings is 1. The average molecular weight is 319 g/mol. The van der Waals surface area contributed by atoms with Crippen LogP contribution < -0.4 is 0 Å². The molecule has 0 aliphatic carbocycles. The molecule has 0 saturated heterocycles. The van der Waals surface area contributed by atoms with Crippen LogP contribution in [0.4, 0.5) is 5.69 Å². The Morgan fingerprint density at radius 3 is 2.86 bits per heavy atom. The van der Waals surface area contributed by atoms with Crippen molar-refractivity contribution in [2.45, 2.75) is 6.92 Å². The van der Waals surface area contributed by atoms with E-state index in [2.05, 4.69) is 22.6 Å². The van der Waals surface area contributed by atoms with E-state index in [1.807, 2.05) is 19.1 Å². The summed E-state index contributed by atoms with van der Waals surface area (Å²) in [7, 11) is 0. The second-order valence-electron chi connectivity index (χ2n) is 2.95. The van der Waals surface area contributed by atoms with Gasteiger partial charge in [0.05, 0.1) is 15.7 Å². The highest BCUT2D eigenvalue weighted by Gasteiger charge is 2.17. The van der Waals surface area contributed by atoms with E-state index in [4.69, 9.17) is 0 Å². The minimum atomic E-state index is -0.319. The highest BCUT2D eigenvalue weighted by Crippen LogP contribution is 2.36. The quantitative estimate of drug-likeness (QED) is 0.457. The molecule has 0 bridgehead atoms. The van der Waals surface area contributed by atoms with Crippen molar-refractivity contribution in [1.82, 2.24) is 0 Å². The molecule has 3 nitrogen and oxygen atoms in total. The predicted molar refractivity (Wildman–Crippen MR) is 65.9 cm³/mol. The first-order chi connectivity index (χ1) is 6.61. The van der Waals surface area contributed by atoms with E-state index in [0.29, 0.717) is 0 Å². The van der Waals surface area contributed by atoms with Gasteiger partial charge in [-0.15, -0.1) is 11.3 Å². The Balaban J connectivity index is 2.90. The Labute approximate surface area is 98.0 Å². The predicted octanol–water partition coefficient (Wildman–Crippen LogP) is 3.72. The monoisotopic (exact) mass is 319 g/mol. The molecule has 2 rings (SSSR count). The number of aryl methyl sites for hydroxylation is 1. The molecule has 0 saturated carbocycles. The van der Waals surface area contributed by atoms with Crippen molar-refractivity contribution in [1.29, 1.82) is 0 Å². The van der Waals surface area contributed by atoms with E-state index < -0.39 is 0 Å². The Morgan fingerprint density at radius 1 is 1.50 bits per heavy atom. The van der Waals surface area contributed by atoms with Gasteiger partial charge in [-0.1, -0.05) is 6.07 Å². The first-order valence-electron chi connectivity index (χ1n) is 3.92. The zero-order valence-corrected chi connectivity index (χ0v) is 10.3. The molecule has 0 radical (unpaired) electrons. The molecule has 2 aromatic rings. The van der Waals surface area contributed by atoms with Gasteiger partial charge in [0.2, 0.25) is 0 Å². The van der Waals surface area contributed by atoms with Crippen molar-refractivity contribution in [2.24, 2.45) is 0 Å². The van der Waals surface area contributed by atoms with Crippen molar-refractivity contribution in [3.05, 3.63) is 36.8 Å². The highest BCUT2D eigenvalue weighted by molar-refractivity contribution is 14.1. The fraction of sp³-hybridized carbons (Fsp3) is 0.111. The first kappa shape index (κ1) is 9.85. The van der Waals surface area contributed by atoms with Crippen LogP contribution >= 0.6 is 33.9 Å². The molecular weight excluding hydrogens is 313 g/mol. The Hall–Kier alpha value is -0.690. The molecule has 1 heterocycles. The van der Waals surface area contributed by atoms with Crippen molar-refractivity contribution in [3.8, 4) is 0 Å². The molecule has 0 amide bonds. The molecule has 1 aromatic carbocycles. The molecule has 0 aliphatic heterocycles. The highest BCUT2D eigenvalue weighted by atomic mass is 127. The number of rotatable bonds is 1. The molecular formula is C9H6INO2S. The number of hydrogen-bond acceptors (Lipinski definition) is 3. The van der Waals surface area contributed by atoms with Crippen LogP contribution in [0, 0.1) is 20.6 Å². The van der Waals surface area contributed by atoms with Gasteiger partial charge < -0.3 is 0 Å². The van der Waals surface area contributed by atoms with Crippen LogP contribution in [-0.2, 0) is 0 Å². The van der Waals surface area contributed by atoms with Crippen molar-refractivity contribution >= 4 is 49.7 Å². The Morgan fingerprint density at radius 2 is 2.21 bits per heavy atom. The smallest absolute Gasteiger partial charge is 0.258 e. The third-order valence-corrected chi connectivity index (χ3v) is 4.05. The van der Waals surface area contributed by atoms with Crippen molar-refractivity contribution in [3.63, 3.8) is 0 Å². The number of halogens is 1. The van der Waals surface area contributed by atoms with Crippen LogP contribution in [0.15, 0.2) is 17.5 Å². The number of hydrogen-bond donors (Lipinski definition) is 0. The van der Waals surface area contributed by atoms with E-state index in [1.165, 1.54) is 11.3 Å². The fourth-order valence-electron chi connectivity index (χ4n) is 1.36. The lowest BCUT2D eigenvalue weighted by atomic mass is 10.2. The molecule has 14 heavy (non-hydrogen) atoms. The van der Waals surface area contributed by atoms with E-state index in [0.717, 1.165) is 19.2 Å². The van der Waals surface area contributed by atoms with Crippen LogP contribution in [0.1, 0.15) is 5.56 Å². The average Bonchev–Trinajstić information content (AvgIpc) is 2.56. The third kappa shape index (κ3) is 1.40. The van der Waals surface area contributed by atoms with Crippen LogP contribution in [0.3, 0.4) is 0 Å². The SMILES string of the molecule is Cc1ccc(I)c2c([N+](=O)[O-])csc12. The van der Waals surface area contributed by atoms with Crippen LogP contribution in [0.5, 0.6) is 0 Å². The van der Waals surface area contributed by atoms with E-state index in [1.54, 1.807) is 5.38 Å². The minimum Gasteiger partial charge on any atom is -0.258 e. The fourth-order valence-corrected chi connectivity index (χ4v) is 3.29. The lowest BCUT2D eigenvalue weighted by Crippen LogP contribution is -1.87.